The molecule has 0 saturated carbocycles. The number of aromatic hydroxyl groups is 1. The van der Waals surface area contributed by atoms with E-state index in [1.165, 1.54) is 41.6 Å². The summed E-state index contributed by atoms with van der Waals surface area (Å²) in [5, 5.41) is 15.2. The zero-order valence-electron chi connectivity index (χ0n) is 19.5. The lowest BCUT2D eigenvalue weighted by Gasteiger charge is -2.23. The number of aromatic amines is 2. The molecule has 188 valence electrons. The zero-order valence-corrected chi connectivity index (χ0v) is 19.5. The number of benzene rings is 1. The summed E-state index contributed by atoms with van der Waals surface area (Å²) in [5.41, 5.74) is -0.516. The van der Waals surface area contributed by atoms with E-state index in [-0.39, 0.29) is 55.4 Å². The van der Waals surface area contributed by atoms with E-state index in [0.717, 1.165) is 0 Å². The second-order valence-electron chi connectivity index (χ2n) is 7.85. The fraction of sp³-hybridized carbons (Fsp3) is 0.240. The molecule has 0 aliphatic heterocycles. The molecule has 11 nitrogen and oxygen atoms in total. The molecule has 2 heterocycles. The van der Waals surface area contributed by atoms with Gasteiger partial charge in [-0.15, -0.1) is 0 Å². The third-order valence-electron chi connectivity index (χ3n) is 5.41. The second kappa shape index (κ2) is 12.7. The maximum atomic E-state index is 12.9. The molecular weight excluding hydrogens is 466 g/mol. The van der Waals surface area contributed by atoms with Crippen molar-refractivity contribution in [2.75, 3.05) is 26.2 Å². The van der Waals surface area contributed by atoms with Gasteiger partial charge in [0.05, 0.1) is 0 Å². The molecule has 3 aromatic rings. The predicted octanol–water partition coefficient (Wildman–Crippen LogP) is 0.390. The first-order valence-corrected chi connectivity index (χ1v) is 11.3. The number of carbonyl (C=O) groups is 3. The number of phenolic OH excluding ortho intramolecular Hbond substituents is 1. The van der Waals surface area contributed by atoms with Crippen LogP contribution in [0.1, 0.15) is 32.7 Å². The van der Waals surface area contributed by atoms with E-state index in [2.05, 4.69) is 20.6 Å². The molecule has 0 atom stereocenters. The van der Waals surface area contributed by atoms with Gasteiger partial charge >= 0.3 is 0 Å². The summed E-state index contributed by atoms with van der Waals surface area (Å²) in [6.07, 6.45) is 3.24. The summed E-state index contributed by atoms with van der Waals surface area (Å²) >= 11 is 0. The maximum absolute atomic E-state index is 12.9. The number of nitrogens with zero attached hydrogens (tertiary/aromatic N) is 1. The molecule has 1 aromatic carbocycles. The van der Waals surface area contributed by atoms with E-state index in [1.54, 1.807) is 24.3 Å². The number of nitrogens with one attached hydrogen (secondary N) is 4. The number of carbonyl (C=O) groups excluding carboxylic acids is 3. The van der Waals surface area contributed by atoms with Crippen LogP contribution in [-0.2, 0) is 11.2 Å². The molecule has 0 aliphatic carbocycles. The van der Waals surface area contributed by atoms with Gasteiger partial charge in [0, 0.05) is 45.0 Å². The molecule has 3 amide bonds. The predicted molar refractivity (Wildman–Crippen MR) is 132 cm³/mol. The monoisotopic (exact) mass is 493 g/mol. The van der Waals surface area contributed by atoms with E-state index >= 15 is 0 Å². The molecule has 0 bridgehead atoms. The Balaban J connectivity index is 1.60. The van der Waals surface area contributed by atoms with Crippen LogP contribution in [0.5, 0.6) is 5.75 Å². The Morgan fingerprint density at radius 1 is 0.778 bits per heavy atom. The largest absolute Gasteiger partial charge is 0.508 e. The Labute approximate surface area is 206 Å². The summed E-state index contributed by atoms with van der Waals surface area (Å²) < 4.78 is 0. The van der Waals surface area contributed by atoms with Gasteiger partial charge in [-0.3, -0.25) is 24.0 Å². The summed E-state index contributed by atoms with van der Waals surface area (Å²) in [7, 11) is 0. The van der Waals surface area contributed by atoms with Crippen molar-refractivity contribution in [3.63, 3.8) is 0 Å². The maximum Gasteiger partial charge on any atom is 0.260 e. The SMILES string of the molecule is O=C(NCCN(CCNC(=O)c1ccc[nH]c1=O)C(=O)CCc1ccccc1O)c1ccc[nH]c1=O. The molecule has 3 rings (SSSR count). The highest BCUT2D eigenvalue weighted by atomic mass is 16.3. The minimum absolute atomic E-state index is 0.0460. The smallest absolute Gasteiger partial charge is 0.260 e. The molecule has 0 unspecified atom stereocenters. The van der Waals surface area contributed by atoms with Gasteiger partial charge in [0.25, 0.3) is 22.9 Å². The van der Waals surface area contributed by atoms with Gasteiger partial charge in [0.2, 0.25) is 5.91 Å². The summed E-state index contributed by atoms with van der Waals surface area (Å²) in [6.45, 7) is 0.388. The lowest BCUT2D eigenvalue weighted by Crippen LogP contribution is -2.43. The molecule has 0 saturated heterocycles. The van der Waals surface area contributed by atoms with Gasteiger partial charge in [0.1, 0.15) is 16.9 Å². The van der Waals surface area contributed by atoms with E-state index < -0.39 is 22.9 Å². The molecule has 0 spiro atoms. The average Bonchev–Trinajstić information content (AvgIpc) is 2.87. The van der Waals surface area contributed by atoms with Crippen molar-refractivity contribution in [1.29, 1.82) is 0 Å². The normalized spacial score (nSPS) is 10.4. The number of hydrogen-bond donors (Lipinski definition) is 5. The summed E-state index contributed by atoms with van der Waals surface area (Å²) in [4.78, 5) is 67.4. The van der Waals surface area contributed by atoms with E-state index in [4.69, 9.17) is 0 Å². The van der Waals surface area contributed by atoms with Crippen LogP contribution in [0.2, 0.25) is 0 Å². The van der Waals surface area contributed by atoms with Gasteiger partial charge in [-0.25, -0.2) is 0 Å². The standard InChI is InChI=1S/C25H27N5O6/c31-20-8-2-1-5-17(20)9-10-21(32)30(15-13-28-24(35)18-6-3-11-26-22(18)33)16-14-29-25(36)19-7-4-12-27-23(19)34/h1-8,11-12,31H,9-10,13-16H2,(H,26,33)(H,27,34)(H,28,35)(H,29,36). The molecule has 11 heteroatoms. The number of phenols is 1. The lowest BCUT2D eigenvalue weighted by atomic mass is 10.1. The third kappa shape index (κ3) is 7.16. The molecule has 36 heavy (non-hydrogen) atoms. The topological polar surface area (TPSA) is 164 Å². The average molecular weight is 494 g/mol. The van der Waals surface area contributed by atoms with E-state index in [1.807, 2.05) is 0 Å². The first-order valence-electron chi connectivity index (χ1n) is 11.3. The fourth-order valence-electron chi connectivity index (χ4n) is 3.48. The Bertz CT molecular complexity index is 1260. The highest BCUT2D eigenvalue weighted by molar-refractivity contribution is 5.94. The van der Waals surface area contributed by atoms with Gasteiger partial charge in [-0.1, -0.05) is 18.2 Å². The van der Waals surface area contributed by atoms with Crippen molar-refractivity contribution in [2.45, 2.75) is 12.8 Å². The number of pyridine rings is 2. The van der Waals surface area contributed by atoms with Crippen molar-refractivity contribution in [3.8, 4) is 5.75 Å². The number of H-pyrrole nitrogens is 2. The number of hydrogen-bond acceptors (Lipinski definition) is 6. The van der Waals surface area contributed by atoms with Crippen LogP contribution in [0, 0.1) is 0 Å². The van der Waals surface area contributed by atoms with Gasteiger partial charge < -0.3 is 30.6 Å². The summed E-state index contributed by atoms with van der Waals surface area (Å²) in [5.74, 6) is -1.31. The Kier molecular flexibility index (Phi) is 9.15. The van der Waals surface area contributed by atoms with Crippen LogP contribution in [0.3, 0.4) is 0 Å². The summed E-state index contributed by atoms with van der Waals surface area (Å²) in [6, 6.07) is 12.6. The van der Waals surface area contributed by atoms with Crippen molar-refractivity contribution >= 4 is 17.7 Å². The van der Waals surface area contributed by atoms with Crippen molar-refractivity contribution in [2.24, 2.45) is 0 Å². The van der Waals surface area contributed by atoms with Crippen LogP contribution in [0.25, 0.3) is 0 Å². The van der Waals surface area contributed by atoms with E-state index in [0.29, 0.717) is 12.0 Å². The van der Waals surface area contributed by atoms with Crippen LogP contribution >= 0.6 is 0 Å². The van der Waals surface area contributed by atoms with Gasteiger partial charge in [-0.2, -0.15) is 0 Å². The fourth-order valence-corrected chi connectivity index (χ4v) is 3.48. The highest BCUT2D eigenvalue weighted by Gasteiger charge is 2.17. The molecule has 0 aliphatic rings. The first-order chi connectivity index (χ1) is 17.4. The number of para-hydroxylation sites is 1. The number of amides is 3. The third-order valence-corrected chi connectivity index (χ3v) is 5.41. The Hall–Kier alpha value is -4.67. The van der Waals surface area contributed by atoms with Crippen LogP contribution in [0.4, 0.5) is 0 Å². The minimum atomic E-state index is -0.574. The molecule has 0 radical (unpaired) electrons. The van der Waals surface area contributed by atoms with Gasteiger partial charge in [-0.05, 0) is 42.3 Å². The zero-order chi connectivity index (χ0) is 25.9. The quantitative estimate of drug-likeness (QED) is 0.259. The second-order valence-corrected chi connectivity index (χ2v) is 7.85. The van der Waals surface area contributed by atoms with Crippen LogP contribution in [0.15, 0.2) is 70.5 Å². The number of aromatic nitrogens is 2. The van der Waals surface area contributed by atoms with Crippen LogP contribution < -0.4 is 21.8 Å². The Morgan fingerprint density at radius 3 is 1.81 bits per heavy atom. The van der Waals surface area contributed by atoms with Crippen molar-refractivity contribution in [1.82, 2.24) is 25.5 Å². The molecule has 2 aromatic heterocycles. The molecular formula is C25H27N5O6. The van der Waals surface area contributed by atoms with E-state index in [9.17, 15) is 29.1 Å². The van der Waals surface area contributed by atoms with Crippen molar-refractivity contribution < 1.29 is 19.5 Å². The molecule has 5 N–H and O–H groups in total. The number of aryl methyl sites for hydroxylation is 1. The first kappa shape index (κ1) is 25.9. The van der Waals surface area contributed by atoms with Crippen LogP contribution in [-0.4, -0.2) is 63.9 Å². The minimum Gasteiger partial charge on any atom is -0.508 e. The Morgan fingerprint density at radius 2 is 1.31 bits per heavy atom. The molecule has 0 fully saturated rings. The number of rotatable bonds is 11. The highest BCUT2D eigenvalue weighted by Crippen LogP contribution is 2.17. The van der Waals surface area contributed by atoms with Crippen molar-refractivity contribution in [3.05, 3.63) is 98.3 Å². The van der Waals surface area contributed by atoms with Gasteiger partial charge in [0.15, 0.2) is 0 Å². The lowest BCUT2D eigenvalue weighted by molar-refractivity contribution is -0.131.